The third-order valence-corrected chi connectivity index (χ3v) is 2.92. The standard InChI is InChI=1S/C10H16N4O/c11-10(3-1-2-4-10)9(15)14-7-8-12-5-6-13-8/h5-6H,1-4,7,11H2,(H,12,13)(H,14,15). The molecule has 1 heterocycles. The SMILES string of the molecule is NC1(C(=O)NCc2ncc[nH]2)CCCC1. The van der Waals surface area contributed by atoms with Gasteiger partial charge in [-0.25, -0.2) is 4.98 Å². The van der Waals surface area contributed by atoms with Crippen molar-refractivity contribution in [1.29, 1.82) is 0 Å². The van der Waals surface area contributed by atoms with E-state index in [4.69, 9.17) is 5.73 Å². The van der Waals surface area contributed by atoms with E-state index in [2.05, 4.69) is 15.3 Å². The van der Waals surface area contributed by atoms with Crippen LogP contribution in [0.25, 0.3) is 0 Å². The summed E-state index contributed by atoms with van der Waals surface area (Å²) in [6.45, 7) is 0.421. The van der Waals surface area contributed by atoms with E-state index in [1.54, 1.807) is 12.4 Å². The topological polar surface area (TPSA) is 83.8 Å². The van der Waals surface area contributed by atoms with Crippen LogP contribution in [-0.4, -0.2) is 21.4 Å². The zero-order chi connectivity index (χ0) is 10.7. The molecular weight excluding hydrogens is 192 g/mol. The fourth-order valence-corrected chi connectivity index (χ4v) is 1.97. The first-order valence-electron chi connectivity index (χ1n) is 5.26. The molecule has 0 atom stereocenters. The van der Waals surface area contributed by atoms with Crippen LogP contribution in [0.2, 0.25) is 0 Å². The van der Waals surface area contributed by atoms with Crippen LogP contribution in [0.4, 0.5) is 0 Å². The highest BCUT2D eigenvalue weighted by Gasteiger charge is 2.36. The van der Waals surface area contributed by atoms with Crippen LogP contribution in [0.3, 0.4) is 0 Å². The van der Waals surface area contributed by atoms with Gasteiger partial charge in [-0.15, -0.1) is 0 Å². The number of nitrogens with zero attached hydrogens (tertiary/aromatic N) is 1. The molecule has 0 bridgehead atoms. The Morgan fingerprint density at radius 2 is 2.33 bits per heavy atom. The van der Waals surface area contributed by atoms with Gasteiger partial charge in [0.05, 0.1) is 12.1 Å². The molecule has 1 aromatic rings. The molecule has 1 aliphatic rings. The molecule has 5 nitrogen and oxygen atoms in total. The molecule has 82 valence electrons. The van der Waals surface area contributed by atoms with E-state index in [9.17, 15) is 4.79 Å². The quantitative estimate of drug-likeness (QED) is 0.668. The number of hydrogen-bond donors (Lipinski definition) is 3. The van der Waals surface area contributed by atoms with Crippen LogP contribution in [0.1, 0.15) is 31.5 Å². The van der Waals surface area contributed by atoms with E-state index in [-0.39, 0.29) is 5.91 Å². The van der Waals surface area contributed by atoms with Crippen molar-refractivity contribution >= 4 is 5.91 Å². The number of amides is 1. The molecule has 1 aliphatic carbocycles. The Morgan fingerprint density at radius 1 is 1.60 bits per heavy atom. The average Bonchev–Trinajstić information content (AvgIpc) is 2.85. The Morgan fingerprint density at radius 3 is 2.93 bits per heavy atom. The van der Waals surface area contributed by atoms with Crippen LogP contribution >= 0.6 is 0 Å². The maximum Gasteiger partial charge on any atom is 0.240 e. The summed E-state index contributed by atoms with van der Waals surface area (Å²) in [7, 11) is 0. The lowest BCUT2D eigenvalue weighted by Gasteiger charge is -2.21. The third-order valence-electron chi connectivity index (χ3n) is 2.92. The molecule has 1 aromatic heterocycles. The number of aromatic nitrogens is 2. The number of hydrogen-bond acceptors (Lipinski definition) is 3. The van der Waals surface area contributed by atoms with Crippen molar-refractivity contribution < 1.29 is 4.79 Å². The summed E-state index contributed by atoms with van der Waals surface area (Å²) in [5, 5.41) is 2.81. The van der Waals surface area contributed by atoms with Gasteiger partial charge in [0.25, 0.3) is 0 Å². The molecule has 5 heteroatoms. The smallest absolute Gasteiger partial charge is 0.240 e. The lowest BCUT2D eigenvalue weighted by atomic mass is 9.98. The van der Waals surface area contributed by atoms with Crippen LogP contribution in [0.5, 0.6) is 0 Å². The van der Waals surface area contributed by atoms with Gasteiger partial charge < -0.3 is 16.0 Å². The molecule has 1 fully saturated rings. The molecule has 0 unspecified atom stereocenters. The second-order valence-electron chi connectivity index (χ2n) is 4.08. The third kappa shape index (κ3) is 2.18. The zero-order valence-corrected chi connectivity index (χ0v) is 8.62. The minimum atomic E-state index is -0.646. The van der Waals surface area contributed by atoms with Crippen molar-refractivity contribution in [2.24, 2.45) is 5.73 Å². The Balaban J connectivity index is 1.87. The van der Waals surface area contributed by atoms with Crippen molar-refractivity contribution in [3.63, 3.8) is 0 Å². The Labute approximate surface area is 88.5 Å². The van der Waals surface area contributed by atoms with E-state index < -0.39 is 5.54 Å². The summed E-state index contributed by atoms with van der Waals surface area (Å²) in [5.74, 6) is 0.696. The lowest BCUT2D eigenvalue weighted by Crippen LogP contribution is -2.51. The highest BCUT2D eigenvalue weighted by molar-refractivity contribution is 5.86. The normalized spacial score (nSPS) is 19.0. The number of carbonyl (C=O) groups excluding carboxylic acids is 1. The predicted molar refractivity (Wildman–Crippen MR) is 55.8 cm³/mol. The molecule has 0 aliphatic heterocycles. The van der Waals surface area contributed by atoms with Crippen LogP contribution in [0, 0.1) is 0 Å². The van der Waals surface area contributed by atoms with Gasteiger partial charge in [0.2, 0.25) is 5.91 Å². The van der Waals surface area contributed by atoms with Crippen LogP contribution in [0.15, 0.2) is 12.4 Å². The van der Waals surface area contributed by atoms with Gasteiger partial charge in [0, 0.05) is 12.4 Å². The van der Waals surface area contributed by atoms with Crippen LogP contribution < -0.4 is 11.1 Å². The molecule has 0 radical (unpaired) electrons. The van der Waals surface area contributed by atoms with Gasteiger partial charge in [0.1, 0.15) is 5.82 Å². The van der Waals surface area contributed by atoms with Gasteiger partial charge >= 0.3 is 0 Å². The maximum absolute atomic E-state index is 11.8. The average molecular weight is 208 g/mol. The number of nitrogens with two attached hydrogens (primary N) is 1. The Kier molecular flexibility index (Phi) is 2.73. The number of aromatic amines is 1. The summed E-state index contributed by atoms with van der Waals surface area (Å²) >= 11 is 0. The van der Waals surface area contributed by atoms with E-state index in [1.165, 1.54) is 0 Å². The summed E-state index contributed by atoms with van der Waals surface area (Å²) in [6.07, 6.45) is 7.06. The first kappa shape index (κ1) is 10.2. The van der Waals surface area contributed by atoms with Crippen molar-refractivity contribution in [3.05, 3.63) is 18.2 Å². The molecule has 0 aromatic carbocycles. The molecule has 4 N–H and O–H groups in total. The fourth-order valence-electron chi connectivity index (χ4n) is 1.97. The lowest BCUT2D eigenvalue weighted by molar-refractivity contribution is -0.126. The largest absolute Gasteiger partial charge is 0.347 e. The molecule has 1 amide bonds. The number of imidazole rings is 1. The van der Waals surface area contributed by atoms with Gasteiger partial charge in [-0.2, -0.15) is 0 Å². The minimum Gasteiger partial charge on any atom is -0.347 e. The number of nitrogens with one attached hydrogen (secondary N) is 2. The minimum absolute atomic E-state index is 0.0589. The maximum atomic E-state index is 11.8. The van der Waals surface area contributed by atoms with E-state index in [0.29, 0.717) is 6.54 Å². The Hall–Kier alpha value is -1.36. The summed E-state index contributed by atoms with van der Waals surface area (Å²) in [5.41, 5.74) is 5.35. The predicted octanol–water partition coefficient (Wildman–Crippen LogP) is 0.297. The van der Waals surface area contributed by atoms with E-state index in [0.717, 1.165) is 31.5 Å². The van der Waals surface area contributed by atoms with E-state index in [1.807, 2.05) is 0 Å². The molecule has 2 rings (SSSR count). The second-order valence-corrected chi connectivity index (χ2v) is 4.08. The first-order valence-corrected chi connectivity index (χ1v) is 5.26. The zero-order valence-electron chi connectivity index (χ0n) is 8.62. The van der Waals surface area contributed by atoms with Crippen LogP contribution in [-0.2, 0) is 11.3 Å². The van der Waals surface area contributed by atoms with Gasteiger partial charge in [-0.05, 0) is 12.8 Å². The first-order chi connectivity index (χ1) is 7.21. The summed E-state index contributed by atoms with van der Waals surface area (Å²) in [4.78, 5) is 18.7. The number of carbonyl (C=O) groups is 1. The Bertz CT molecular complexity index is 327. The number of H-pyrrole nitrogens is 1. The fraction of sp³-hybridized carbons (Fsp3) is 0.600. The van der Waals surface area contributed by atoms with Crippen molar-refractivity contribution in [2.75, 3.05) is 0 Å². The monoisotopic (exact) mass is 208 g/mol. The van der Waals surface area contributed by atoms with Gasteiger partial charge in [-0.3, -0.25) is 4.79 Å². The van der Waals surface area contributed by atoms with Crippen molar-refractivity contribution in [3.8, 4) is 0 Å². The molecular formula is C10H16N4O. The van der Waals surface area contributed by atoms with Crippen molar-refractivity contribution in [2.45, 2.75) is 37.8 Å². The molecule has 0 saturated heterocycles. The molecule has 1 saturated carbocycles. The summed E-state index contributed by atoms with van der Waals surface area (Å²) < 4.78 is 0. The number of rotatable bonds is 3. The van der Waals surface area contributed by atoms with Crippen molar-refractivity contribution in [1.82, 2.24) is 15.3 Å². The van der Waals surface area contributed by atoms with Gasteiger partial charge in [-0.1, -0.05) is 12.8 Å². The molecule has 0 spiro atoms. The second kappa shape index (κ2) is 4.02. The van der Waals surface area contributed by atoms with Gasteiger partial charge in [0.15, 0.2) is 0 Å². The molecule has 15 heavy (non-hydrogen) atoms. The summed E-state index contributed by atoms with van der Waals surface area (Å²) in [6, 6.07) is 0. The highest BCUT2D eigenvalue weighted by Crippen LogP contribution is 2.27. The highest BCUT2D eigenvalue weighted by atomic mass is 16.2. The van der Waals surface area contributed by atoms with E-state index >= 15 is 0 Å².